The Kier molecular flexibility index (Phi) is 4.97. The summed E-state index contributed by atoms with van der Waals surface area (Å²) in [6.07, 6.45) is 8.54. The van der Waals surface area contributed by atoms with Crippen LogP contribution >= 0.6 is 0 Å². The maximum absolute atomic E-state index is 12.9. The van der Waals surface area contributed by atoms with Crippen LogP contribution in [-0.4, -0.2) is 58.8 Å². The van der Waals surface area contributed by atoms with Gasteiger partial charge in [0, 0.05) is 37.7 Å². The van der Waals surface area contributed by atoms with Crippen molar-refractivity contribution in [2.75, 3.05) is 13.1 Å². The highest BCUT2D eigenvalue weighted by Crippen LogP contribution is 2.40. The largest absolute Gasteiger partial charge is 0.489 e. The molecule has 5 atom stereocenters. The molecule has 5 aliphatic rings. The number of nitrogens with zero attached hydrogens (tertiary/aromatic N) is 2. The van der Waals surface area contributed by atoms with Gasteiger partial charge in [-0.25, -0.2) is 0 Å². The normalized spacial score (nSPS) is 34.7. The Morgan fingerprint density at radius 1 is 0.969 bits per heavy atom. The Labute approximate surface area is 188 Å². The van der Waals surface area contributed by atoms with E-state index in [-0.39, 0.29) is 30.2 Å². The van der Waals surface area contributed by atoms with E-state index in [0.717, 1.165) is 29.6 Å². The summed E-state index contributed by atoms with van der Waals surface area (Å²) in [6, 6.07) is 5.64. The number of amides is 3. The van der Waals surface area contributed by atoms with Gasteiger partial charge in [0.25, 0.3) is 5.91 Å². The number of carbonyl (C=O) groups is 3. The molecule has 2 saturated carbocycles. The fraction of sp³-hybridized carbons (Fsp3) is 0.640. The van der Waals surface area contributed by atoms with E-state index in [0.29, 0.717) is 24.6 Å². The van der Waals surface area contributed by atoms with Crippen molar-refractivity contribution in [3.63, 3.8) is 0 Å². The summed E-state index contributed by atoms with van der Waals surface area (Å²) in [7, 11) is 0. The molecule has 1 aromatic carbocycles. The van der Waals surface area contributed by atoms with Gasteiger partial charge in [0.2, 0.25) is 11.8 Å². The highest BCUT2D eigenvalue weighted by atomic mass is 16.5. The van der Waals surface area contributed by atoms with Gasteiger partial charge in [-0.15, -0.1) is 0 Å². The quantitative estimate of drug-likeness (QED) is 0.733. The molecule has 4 fully saturated rings. The van der Waals surface area contributed by atoms with E-state index < -0.39 is 6.04 Å². The Morgan fingerprint density at radius 3 is 2.56 bits per heavy atom. The van der Waals surface area contributed by atoms with Crippen LogP contribution in [0.2, 0.25) is 0 Å². The second-order valence-corrected chi connectivity index (χ2v) is 10.4. The second kappa shape index (κ2) is 7.87. The lowest BCUT2D eigenvalue weighted by atomic mass is 9.96. The molecule has 7 heteroatoms. The Balaban J connectivity index is 1.15. The van der Waals surface area contributed by atoms with Crippen molar-refractivity contribution in [2.45, 2.75) is 76.1 Å². The maximum Gasteiger partial charge on any atom is 0.255 e. The van der Waals surface area contributed by atoms with Crippen LogP contribution in [0.1, 0.15) is 67.3 Å². The lowest BCUT2D eigenvalue weighted by Crippen LogP contribution is -2.52. The zero-order chi connectivity index (χ0) is 21.8. The van der Waals surface area contributed by atoms with E-state index in [2.05, 4.69) is 10.2 Å². The number of nitrogens with one attached hydrogen (secondary N) is 1. The van der Waals surface area contributed by atoms with Gasteiger partial charge in [0.1, 0.15) is 17.9 Å². The van der Waals surface area contributed by atoms with Gasteiger partial charge in [-0.1, -0.05) is 0 Å². The van der Waals surface area contributed by atoms with Crippen LogP contribution in [0.5, 0.6) is 5.75 Å². The summed E-state index contributed by atoms with van der Waals surface area (Å²) < 4.78 is 6.51. The zero-order valence-corrected chi connectivity index (χ0v) is 18.4. The number of benzene rings is 1. The van der Waals surface area contributed by atoms with E-state index in [4.69, 9.17) is 4.74 Å². The van der Waals surface area contributed by atoms with Gasteiger partial charge in [0.15, 0.2) is 0 Å². The van der Waals surface area contributed by atoms with Crippen LogP contribution in [0.25, 0.3) is 0 Å². The molecule has 170 valence electrons. The topological polar surface area (TPSA) is 79.0 Å². The summed E-state index contributed by atoms with van der Waals surface area (Å²) in [4.78, 5) is 40.9. The first kappa shape index (κ1) is 20.2. The van der Waals surface area contributed by atoms with Crippen molar-refractivity contribution in [2.24, 2.45) is 11.8 Å². The molecule has 2 bridgehead atoms. The first-order valence-electron chi connectivity index (χ1n) is 12.2. The summed E-state index contributed by atoms with van der Waals surface area (Å²) >= 11 is 0. The molecule has 1 N–H and O–H groups in total. The standard InChI is InChI=1S/C25H31N3O4/c29-23-9-8-21(24(30)26-23)28-14-17-11-18(6-7-19(17)25(28)31)32-22-3-1-2-20(22)27-12-15-4-5-16(10-15)13-27/h6-7,11,15-16,20-22H,1-5,8-10,12-14H2,(H,26,29,30)/t15?,16?,20-,21?,22+/m1/s1. The third kappa shape index (κ3) is 3.51. The molecule has 0 aromatic heterocycles. The second-order valence-electron chi connectivity index (χ2n) is 10.4. The first-order valence-corrected chi connectivity index (χ1v) is 12.2. The molecule has 1 aromatic rings. The number of hydrogen-bond acceptors (Lipinski definition) is 5. The minimum atomic E-state index is -0.578. The lowest BCUT2D eigenvalue weighted by molar-refractivity contribution is -0.136. The number of ether oxygens (including phenoxy) is 1. The molecule has 32 heavy (non-hydrogen) atoms. The number of piperidine rings is 2. The first-order chi connectivity index (χ1) is 15.5. The summed E-state index contributed by atoms with van der Waals surface area (Å²) in [6.45, 7) is 2.84. The van der Waals surface area contributed by atoms with Gasteiger partial charge in [0.05, 0.1) is 0 Å². The van der Waals surface area contributed by atoms with Gasteiger partial charge < -0.3 is 9.64 Å². The molecule has 3 aliphatic heterocycles. The van der Waals surface area contributed by atoms with Gasteiger partial charge in [-0.3, -0.25) is 24.6 Å². The number of imide groups is 1. The van der Waals surface area contributed by atoms with Crippen LogP contribution in [0.15, 0.2) is 18.2 Å². The van der Waals surface area contributed by atoms with E-state index in [9.17, 15) is 14.4 Å². The SMILES string of the molecule is O=C1CCC(N2Cc3cc(O[C@H]4CCC[C@H]4N4CC5CCC(C5)C4)ccc3C2=O)C(=O)N1. The molecule has 3 unspecified atom stereocenters. The fourth-order valence-corrected chi connectivity index (χ4v) is 6.78. The number of likely N-dealkylation sites (tertiary alicyclic amines) is 1. The predicted octanol–water partition coefficient (Wildman–Crippen LogP) is 2.48. The minimum Gasteiger partial charge on any atom is -0.489 e. The number of carbonyl (C=O) groups excluding carboxylic acids is 3. The predicted molar refractivity (Wildman–Crippen MR) is 117 cm³/mol. The molecule has 0 radical (unpaired) electrons. The van der Waals surface area contributed by atoms with Gasteiger partial charge >= 0.3 is 0 Å². The molecule has 3 heterocycles. The Bertz CT molecular complexity index is 951. The van der Waals surface area contributed by atoms with Crippen molar-refractivity contribution < 1.29 is 19.1 Å². The van der Waals surface area contributed by atoms with Crippen molar-refractivity contribution in [3.05, 3.63) is 29.3 Å². The maximum atomic E-state index is 12.9. The molecular formula is C25H31N3O4. The van der Waals surface area contributed by atoms with E-state index in [1.54, 1.807) is 4.90 Å². The summed E-state index contributed by atoms with van der Waals surface area (Å²) in [5.74, 6) is 1.79. The van der Waals surface area contributed by atoms with E-state index in [1.807, 2.05) is 18.2 Å². The summed E-state index contributed by atoms with van der Waals surface area (Å²) in [5.41, 5.74) is 1.54. The van der Waals surface area contributed by atoms with E-state index in [1.165, 1.54) is 45.2 Å². The van der Waals surface area contributed by atoms with Crippen LogP contribution in [0.4, 0.5) is 0 Å². The Hall–Kier alpha value is -2.41. The average molecular weight is 438 g/mol. The van der Waals surface area contributed by atoms with Crippen LogP contribution in [0, 0.1) is 11.8 Å². The van der Waals surface area contributed by atoms with Crippen molar-refractivity contribution in [3.8, 4) is 5.75 Å². The van der Waals surface area contributed by atoms with Crippen LogP contribution in [0.3, 0.4) is 0 Å². The number of hydrogen-bond donors (Lipinski definition) is 1. The molecule has 7 nitrogen and oxygen atoms in total. The molecule has 6 rings (SSSR count). The van der Waals surface area contributed by atoms with Gasteiger partial charge in [-0.2, -0.15) is 0 Å². The molecule has 0 spiro atoms. The average Bonchev–Trinajstić information content (AvgIpc) is 3.46. The highest BCUT2D eigenvalue weighted by molar-refractivity contribution is 6.05. The van der Waals surface area contributed by atoms with Crippen molar-refractivity contribution in [1.29, 1.82) is 0 Å². The number of rotatable bonds is 4. The lowest BCUT2D eigenvalue weighted by Gasteiger charge is -2.38. The van der Waals surface area contributed by atoms with Crippen molar-refractivity contribution >= 4 is 17.7 Å². The van der Waals surface area contributed by atoms with Crippen LogP contribution < -0.4 is 10.1 Å². The number of fused-ring (bicyclic) bond motifs is 3. The minimum absolute atomic E-state index is 0.136. The highest BCUT2D eigenvalue weighted by Gasteiger charge is 2.42. The van der Waals surface area contributed by atoms with Crippen molar-refractivity contribution in [1.82, 2.24) is 15.1 Å². The molecule has 2 saturated heterocycles. The zero-order valence-electron chi connectivity index (χ0n) is 18.4. The summed E-state index contributed by atoms with van der Waals surface area (Å²) in [5, 5.41) is 2.36. The monoisotopic (exact) mass is 437 g/mol. The Morgan fingerprint density at radius 2 is 1.78 bits per heavy atom. The van der Waals surface area contributed by atoms with E-state index >= 15 is 0 Å². The molecule has 2 aliphatic carbocycles. The van der Waals surface area contributed by atoms with Gasteiger partial charge in [-0.05, 0) is 80.5 Å². The smallest absolute Gasteiger partial charge is 0.255 e. The molecular weight excluding hydrogens is 406 g/mol. The van der Waals surface area contributed by atoms with Crippen LogP contribution in [-0.2, 0) is 16.1 Å². The third-order valence-corrected chi connectivity index (χ3v) is 8.30. The third-order valence-electron chi connectivity index (χ3n) is 8.30. The molecule has 3 amide bonds. The fourth-order valence-electron chi connectivity index (χ4n) is 6.78.